The number of aliphatic hydroxyl groups excluding tert-OH is 1. The van der Waals surface area contributed by atoms with E-state index in [2.05, 4.69) is 41.3 Å². The van der Waals surface area contributed by atoms with Crippen LogP contribution < -0.4 is 31.7 Å². The van der Waals surface area contributed by atoms with Crippen molar-refractivity contribution >= 4 is 52.2 Å². The maximum Gasteiger partial charge on any atom is 0.417 e. The molecule has 2 aliphatic heterocycles. The smallest absolute Gasteiger partial charge is 0.391 e. The highest BCUT2D eigenvalue weighted by Crippen LogP contribution is 2.38. The average molecular weight is 1180 g/mol. The van der Waals surface area contributed by atoms with Gasteiger partial charge in [0.05, 0.1) is 62.8 Å². The number of unbranched alkanes of at least 4 members (excludes halogenated alkanes) is 4. The van der Waals surface area contributed by atoms with Crippen LogP contribution in [0.25, 0.3) is 21.6 Å². The van der Waals surface area contributed by atoms with Crippen molar-refractivity contribution in [1.29, 1.82) is 0 Å². The number of piperazine rings is 1. The Bertz CT molecular complexity index is 3370. The number of benzene rings is 3. The Hall–Kier alpha value is -7.76. The van der Waals surface area contributed by atoms with Crippen molar-refractivity contribution in [3.63, 3.8) is 0 Å². The number of carbonyl (C=O) groups is 5. The van der Waals surface area contributed by atoms with Gasteiger partial charge >= 0.3 is 6.18 Å². The molecule has 3 aromatic carbocycles. The summed E-state index contributed by atoms with van der Waals surface area (Å²) in [6.07, 6.45) is -1.63. The highest BCUT2D eigenvalue weighted by atomic mass is 32.1. The number of likely N-dealkylation sites (tertiary alicyclic amines) is 1. The SMILES string of the molecule is Cc1cc([C@H](C(=O)N2C[C@H](O)C[C@H]2C(=O)N[C@@H](CC(=O)NCCCCCCCNC(=O)c2ccc(-c3ccc(N4C[C@@H](C)N(C)[C@@H](C)C4)c(NC(=O)c4c[nH]c(=O)cc4C(F)(F)F)c3)c(F)c2)c2ccc(-c3scnc3C)cc2)C(C)C)on1. The summed E-state index contributed by atoms with van der Waals surface area (Å²) >= 11 is 1.51. The lowest BCUT2D eigenvalue weighted by molar-refractivity contribution is -0.141. The van der Waals surface area contributed by atoms with E-state index in [-0.39, 0.29) is 66.0 Å². The van der Waals surface area contributed by atoms with Crippen molar-refractivity contribution in [3.8, 4) is 21.6 Å². The zero-order valence-electron chi connectivity index (χ0n) is 48.1. The van der Waals surface area contributed by atoms with Crippen LogP contribution in [0.4, 0.5) is 28.9 Å². The molecule has 0 unspecified atom stereocenters. The largest absolute Gasteiger partial charge is 0.417 e. The van der Waals surface area contributed by atoms with Gasteiger partial charge in [-0.05, 0) is 94.5 Å². The third kappa shape index (κ3) is 15.1. The third-order valence-corrected chi connectivity index (χ3v) is 16.7. The van der Waals surface area contributed by atoms with E-state index < -0.39 is 70.5 Å². The molecule has 8 rings (SSSR count). The van der Waals surface area contributed by atoms with Crippen molar-refractivity contribution in [2.75, 3.05) is 50.0 Å². The molecule has 0 bridgehead atoms. The minimum absolute atomic E-state index is 0.0241. The Morgan fingerprint density at radius 1 is 0.857 bits per heavy atom. The number of hydrogen-bond donors (Lipinski definition) is 6. The van der Waals surface area contributed by atoms with E-state index in [1.807, 2.05) is 70.8 Å². The number of nitrogens with zero attached hydrogens (tertiary/aromatic N) is 5. The fourth-order valence-corrected chi connectivity index (χ4v) is 11.8. The Labute approximate surface area is 488 Å². The van der Waals surface area contributed by atoms with Crippen LogP contribution in [-0.4, -0.2) is 124 Å². The van der Waals surface area contributed by atoms with Crippen LogP contribution in [0.1, 0.15) is 134 Å². The lowest BCUT2D eigenvalue weighted by Crippen LogP contribution is -2.55. The van der Waals surface area contributed by atoms with E-state index in [1.165, 1.54) is 34.4 Å². The number of β-amino-alcohol motifs (C(OH)–C–C–N with tert-alkyl or cyclic N) is 1. The number of aromatic nitrogens is 3. The second-order valence-electron chi connectivity index (χ2n) is 22.3. The van der Waals surface area contributed by atoms with Crippen LogP contribution in [0.5, 0.6) is 0 Å². The molecule has 0 aliphatic carbocycles. The molecule has 18 nitrogen and oxygen atoms in total. The number of nitrogens with one attached hydrogen (secondary N) is 5. The van der Waals surface area contributed by atoms with Crippen molar-refractivity contribution in [1.82, 2.24) is 40.9 Å². The number of aliphatic hydroxyl groups is 1. The standard InChI is InChI=1S/C61H72F4N10O8S/c1-34(2)55(52-23-35(3)72-83-52)60(82)75-32-43(76)26-51(75)59(81)70-48(39-13-15-40(16-14-39)56-38(6)69-33-84-56)28-54(78)66-21-11-9-8-10-12-22-67-57(79)42-17-19-44(47(62)24-42)41-18-20-50(74-30-36(4)73(7)37(5)31-74)49(25-41)71-58(80)45-29-68-53(77)27-46(45)61(63,64)65/h13-20,23-25,27,29,33-34,36-37,43,48,51,55,76H,8-12,21-22,26,28,30-32H2,1-7H3,(H,66,78)(H,67,79)(H,68,77)(H,70,81)(H,71,80)/t36-,37+,43-,48+,51+,55-/m1/s1. The quantitative estimate of drug-likeness (QED) is 0.0276. The van der Waals surface area contributed by atoms with E-state index in [1.54, 1.807) is 30.6 Å². The molecule has 6 atom stereocenters. The molecule has 3 aromatic heterocycles. The molecule has 2 fully saturated rings. The summed E-state index contributed by atoms with van der Waals surface area (Å²) in [4.78, 5) is 93.6. The van der Waals surface area contributed by atoms with Gasteiger partial charge in [-0.1, -0.05) is 74.7 Å². The van der Waals surface area contributed by atoms with E-state index in [0.29, 0.717) is 79.6 Å². The first-order valence-corrected chi connectivity index (χ1v) is 29.1. The maximum absolute atomic E-state index is 16.0. The molecule has 2 aliphatic rings. The van der Waals surface area contributed by atoms with Gasteiger partial charge in [-0.15, -0.1) is 11.3 Å². The van der Waals surface area contributed by atoms with Gasteiger partial charge in [0, 0.05) is 80.7 Å². The Kier molecular flexibility index (Phi) is 20.2. The summed E-state index contributed by atoms with van der Waals surface area (Å²) in [5, 5.41) is 26.2. The van der Waals surface area contributed by atoms with E-state index in [0.717, 1.165) is 41.5 Å². The molecular formula is C61H72F4N10O8S. The third-order valence-electron chi connectivity index (χ3n) is 15.7. The number of alkyl halides is 3. The van der Waals surface area contributed by atoms with E-state index in [4.69, 9.17) is 4.52 Å². The van der Waals surface area contributed by atoms with Crippen LogP contribution in [-0.2, 0) is 20.6 Å². The topological polar surface area (TPSA) is 235 Å². The van der Waals surface area contributed by atoms with Gasteiger partial charge in [-0.3, -0.25) is 33.7 Å². The highest BCUT2D eigenvalue weighted by Gasteiger charge is 2.44. The molecule has 6 aromatic rings. The van der Waals surface area contributed by atoms with Gasteiger partial charge in [-0.2, -0.15) is 13.2 Å². The van der Waals surface area contributed by atoms with Crippen LogP contribution in [0, 0.1) is 25.6 Å². The fraction of sp³-hybridized carbons (Fsp3) is 0.443. The number of carbonyl (C=O) groups excluding carboxylic acids is 5. The molecule has 84 heavy (non-hydrogen) atoms. The summed E-state index contributed by atoms with van der Waals surface area (Å²) in [5.41, 5.74) is 2.75. The Morgan fingerprint density at radius 3 is 2.17 bits per heavy atom. The first-order valence-electron chi connectivity index (χ1n) is 28.3. The zero-order valence-corrected chi connectivity index (χ0v) is 48.9. The molecule has 6 N–H and O–H groups in total. The van der Waals surface area contributed by atoms with E-state index in [9.17, 15) is 47.0 Å². The number of aryl methyl sites for hydroxylation is 2. The van der Waals surface area contributed by atoms with Gasteiger partial charge in [0.1, 0.15) is 23.5 Å². The number of halogens is 4. The molecule has 23 heteroatoms. The number of aromatic amines is 1. The summed E-state index contributed by atoms with van der Waals surface area (Å²) in [6, 6.07) is 16.8. The number of amides is 5. The van der Waals surface area contributed by atoms with Gasteiger partial charge in [0.15, 0.2) is 0 Å². The molecule has 5 amide bonds. The minimum atomic E-state index is -5.00. The van der Waals surface area contributed by atoms with Crippen molar-refractivity contribution < 1.29 is 51.2 Å². The highest BCUT2D eigenvalue weighted by molar-refractivity contribution is 7.13. The van der Waals surface area contributed by atoms with Crippen LogP contribution >= 0.6 is 11.3 Å². The van der Waals surface area contributed by atoms with Gasteiger partial charge in [-0.25, -0.2) is 9.37 Å². The molecular weight excluding hydrogens is 1110 g/mol. The molecule has 0 spiro atoms. The van der Waals surface area contributed by atoms with Gasteiger partial charge in [0.2, 0.25) is 23.3 Å². The van der Waals surface area contributed by atoms with Gasteiger partial charge < -0.3 is 45.7 Å². The molecule has 448 valence electrons. The summed E-state index contributed by atoms with van der Waals surface area (Å²) in [6.45, 7) is 13.2. The van der Waals surface area contributed by atoms with Crippen LogP contribution in [0.3, 0.4) is 0 Å². The fourth-order valence-electron chi connectivity index (χ4n) is 10.9. The maximum atomic E-state index is 16.0. The number of pyridine rings is 1. The minimum Gasteiger partial charge on any atom is -0.391 e. The first kappa shape index (κ1) is 62.3. The predicted molar refractivity (Wildman–Crippen MR) is 312 cm³/mol. The van der Waals surface area contributed by atoms with Crippen LogP contribution in [0.2, 0.25) is 0 Å². The van der Waals surface area contributed by atoms with Crippen molar-refractivity contribution in [3.05, 3.63) is 140 Å². The summed E-state index contributed by atoms with van der Waals surface area (Å²) in [5.74, 6) is -4.04. The zero-order chi connectivity index (χ0) is 60.6. The number of H-pyrrole nitrogens is 1. The number of likely N-dealkylation sites (N-methyl/N-ethyl adjacent to an activating group) is 1. The number of rotatable bonds is 22. The lowest BCUT2D eigenvalue weighted by atomic mass is 9.91. The number of hydrogen-bond acceptors (Lipinski definition) is 13. The molecule has 0 radical (unpaired) electrons. The molecule has 2 saturated heterocycles. The average Bonchev–Trinajstić information content (AvgIpc) is 3.68. The summed E-state index contributed by atoms with van der Waals surface area (Å²) in [7, 11) is 1.99. The number of anilines is 2. The monoisotopic (exact) mass is 1180 g/mol. The second-order valence-corrected chi connectivity index (χ2v) is 23.1. The van der Waals surface area contributed by atoms with Crippen molar-refractivity contribution in [2.24, 2.45) is 5.92 Å². The van der Waals surface area contributed by atoms with Crippen LogP contribution in [0.15, 0.2) is 93.8 Å². The Morgan fingerprint density at radius 2 is 1.54 bits per heavy atom. The lowest BCUT2D eigenvalue weighted by Gasteiger charge is -2.44. The predicted octanol–water partition coefficient (Wildman–Crippen LogP) is 9.15. The summed E-state index contributed by atoms with van der Waals surface area (Å²) < 4.78 is 63.4. The van der Waals surface area contributed by atoms with Crippen molar-refractivity contribution in [2.45, 2.75) is 129 Å². The molecule has 5 heterocycles. The van der Waals surface area contributed by atoms with Gasteiger partial charge in [0.25, 0.3) is 11.8 Å². The Balaban J connectivity index is 0.828. The number of thiazole rings is 1. The normalized spacial score (nSPS) is 18.2. The first-order chi connectivity index (χ1) is 40.0. The second kappa shape index (κ2) is 27.3. The molecule has 0 saturated carbocycles. The van der Waals surface area contributed by atoms with E-state index >= 15 is 4.39 Å².